The summed E-state index contributed by atoms with van der Waals surface area (Å²) in [5, 5.41) is 9.64. The first-order valence-corrected chi connectivity index (χ1v) is 18.0. The monoisotopic (exact) mass is 610 g/mol. The number of aromatic nitrogens is 2. The molecule has 2 heterocycles. The van der Waals surface area contributed by atoms with Crippen molar-refractivity contribution < 1.29 is 0 Å². The molecule has 2 nitrogen and oxygen atoms in total. The van der Waals surface area contributed by atoms with E-state index >= 15 is 0 Å². The molecule has 0 aliphatic heterocycles. The molecule has 0 atom stereocenters. The van der Waals surface area contributed by atoms with Crippen molar-refractivity contribution in [2.24, 2.45) is 0 Å². The van der Waals surface area contributed by atoms with Crippen LogP contribution in [0.2, 0.25) is 0 Å². The lowest BCUT2D eigenvalue weighted by Crippen LogP contribution is -2.25. The average molecular weight is 611 g/mol. The van der Waals surface area contributed by atoms with Crippen LogP contribution in [0.5, 0.6) is 0 Å². The van der Waals surface area contributed by atoms with Crippen molar-refractivity contribution in [2.75, 3.05) is 0 Å². The molecule has 2 aromatic heterocycles. The summed E-state index contributed by atoms with van der Waals surface area (Å²) in [5.41, 5.74) is 6.68. The summed E-state index contributed by atoms with van der Waals surface area (Å²) < 4.78 is 2.33. The molecular weight excluding hydrogens is 584 g/mol. The molecule has 0 saturated heterocycles. The minimum Gasteiger partial charge on any atom is -0.292 e. The molecule has 7 aromatic carbocycles. The molecule has 0 bridgehead atoms. The van der Waals surface area contributed by atoms with Gasteiger partial charge in [0.25, 0.3) is 0 Å². The largest absolute Gasteiger partial charge is 0.292 e. The summed E-state index contributed by atoms with van der Waals surface area (Å²) in [6.45, 7) is 0. The van der Waals surface area contributed by atoms with Gasteiger partial charge in [0.05, 0.1) is 16.6 Å². The molecule has 0 aliphatic rings. The van der Waals surface area contributed by atoms with Gasteiger partial charge in [0.1, 0.15) is 5.65 Å². The van der Waals surface area contributed by atoms with Crippen molar-refractivity contribution in [3.63, 3.8) is 0 Å². The number of imidazole rings is 1. The zero-order valence-corrected chi connectivity index (χ0v) is 26.0. The standard InChI is InChI=1S/C41H27N2PS/c45-44(28-14-3-1-4-15-28,29-16-5-2-6-17-29)39-27-26-31(30-18-7-8-19-32(30)39)33-22-13-25-38-40(33)34-20-9-10-21-35(34)41-42-36-23-11-12-24-37(36)43(38)41/h1-27H. The lowest BCUT2D eigenvalue weighted by atomic mass is 9.93. The summed E-state index contributed by atoms with van der Waals surface area (Å²) in [6.07, 6.45) is 0. The number of rotatable bonds is 4. The molecule has 9 aromatic rings. The van der Waals surface area contributed by atoms with E-state index in [4.69, 9.17) is 16.8 Å². The summed E-state index contributed by atoms with van der Waals surface area (Å²) in [7, 11) is 0. The van der Waals surface area contributed by atoms with Crippen molar-refractivity contribution in [1.82, 2.24) is 9.38 Å². The first-order chi connectivity index (χ1) is 22.2. The SMILES string of the molecule is S=P(c1ccccc1)(c1ccccc1)c1ccc(-c2cccc3c2c2ccccc2c2nc4ccccc4n32)c2ccccc12. The molecule has 4 heteroatoms. The second-order valence-corrected chi connectivity index (χ2v) is 15.8. The van der Waals surface area contributed by atoms with Crippen LogP contribution in [0.1, 0.15) is 0 Å². The molecular formula is C41H27N2PS. The Bertz CT molecular complexity index is 2580. The van der Waals surface area contributed by atoms with Crippen LogP contribution >= 0.6 is 6.04 Å². The summed E-state index contributed by atoms with van der Waals surface area (Å²) in [5.74, 6) is 0. The van der Waals surface area contributed by atoms with Gasteiger partial charge in [-0.1, -0.05) is 157 Å². The third kappa shape index (κ3) is 3.88. The maximum atomic E-state index is 6.82. The topological polar surface area (TPSA) is 17.3 Å². The summed E-state index contributed by atoms with van der Waals surface area (Å²) in [4.78, 5) is 5.10. The van der Waals surface area contributed by atoms with Crippen molar-refractivity contribution in [3.8, 4) is 11.1 Å². The van der Waals surface area contributed by atoms with Gasteiger partial charge < -0.3 is 0 Å². The van der Waals surface area contributed by atoms with Gasteiger partial charge in [-0.05, 0) is 56.1 Å². The Balaban J connectivity index is 1.39. The minimum atomic E-state index is -2.35. The van der Waals surface area contributed by atoms with Crippen LogP contribution in [0.25, 0.3) is 60.3 Å². The Morgan fingerprint density at radius 1 is 0.444 bits per heavy atom. The van der Waals surface area contributed by atoms with Crippen LogP contribution in [0.3, 0.4) is 0 Å². The lowest BCUT2D eigenvalue weighted by molar-refractivity contribution is 1.31. The van der Waals surface area contributed by atoms with Gasteiger partial charge in [-0.3, -0.25) is 4.40 Å². The van der Waals surface area contributed by atoms with Crippen LogP contribution in [0, 0.1) is 0 Å². The lowest BCUT2D eigenvalue weighted by Gasteiger charge is -2.26. The highest BCUT2D eigenvalue weighted by Crippen LogP contribution is 2.47. The van der Waals surface area contributed by atoms with E-state index in [1.54, 1.807) is 0 Å². The highest BCUT2D eigenvalue weighted by atomic mass is 32.4. The van der Waals surface area contributed by atoms with Gasteiger partial charge in [-0.25, -0.2) is 4.98 Å². The minimum absolute atomic E-state index is 0.989. The Morgan fingerprint density at radius 2 is 1.02 bits per heavy atom. The number of pyridine rings is 1. The molecule has 0 aliphatic carbocycles. The Kier molecular flexibility index (Phi) is 5.99. The maximum absolute atomic E-state index is 6.82. The second kappa shape index (κ2) is 10.2. The first kappa shape index (κ1) is 26.3. The van der Waals surface area contributed by atoms with E-state index in [-0.39, 0.29) is 0 Å². The van der Waals surface area contributed by atoms with Gasteiger partial charge in [0.15, 0.2) is 0 Å². The fraction of sp³-hybridized carbons (Fsp3) is 0. The van der Waals surface area contributed by atoms with Crippen LogP contribution in [-0.2, 0) is 11.8 Å². The van der Waals surface area contributed by atoms with Crippen molar-refractivity contribution in [2.45, 2.75) is 0 Å². The number of fused-ring (bicyclic) bond motifs is 9. The molecule has 0 amide bonds. The van der Waals surface area contributed by atoms with E-state index < -0.39 is 6.04 Å². The summed E-state index contributed by atoms with van der Waals surface area (Å²) >= 11 is 6.82. The van der Waals surface area contributed by atoms with E-state index in [9.17, 15) is 0 Å². The Hall–Kier alpha value is -5.08. The highest BCUT2D eigenvalue weighted by molar-refractivity contribution is 8.25. The van der Waals surface area contributed by atoms with Crippen LogP contribution < -0.4 is 15.9 Å². The normalized spacial score (nSPS) is 12.1. The van der Waals surface area contributed by atoms with Gasteiger partial charge in [0.2, 0.25) is 0 Å². The molecule has 0 fully saturated rings. The maximum Gasteiger partial charge on any atom is 0.146 e. The predicted octanol–water partition coefficient (Wildman–Crippen LogP) is 9.37. The third-order valence-electron chi connectivity index (χ3n) is 9.05. The van der Waals surface area contributed by atoms with Gasteiger partial charge in [-0.2, -0.15) is 0 Å². The zero-order chi connectivity index (χ0) is 30.0. The molecule has 9 rings (SSSR count). The third-order valence-corrected chi connectivity index (χ3v) is 14.0. The quantitative estimate of drug-likeness (QED) is 0.146. The Labute approximate surface area is 266 Å². The molecule has 0 radical (unpaired) electrons. The molecule has 212 valence electrons. The first-order valence-electron chi connectivity index (χ1n) is 15.2. The molecule has 0 saturated carbocycles. The Morgan fingerprint density at radius 3 is 1.76 bits per heavy atom. The average Bonchev–Trinajstić information content (AvgIpc) is 3.52. The fourth-order valence-corrected chi connectivity index (χ4v) is 11.1. The number of nitrogens with zero attached hydrogens (tertiary/aromatic N) is 2. The van der Waals surface area contributed by atoms with Crippen LogP contribution in [-0.4, -0.2) is 9.38 Å². The molecule has 45 heavy (non-hydrogen) atoms. The number of para-hydroxylation sites is 2. The van der Waals surface area contributed by atoms with Gasteiger partial charge >= 0.3 is 0 Å². The van der Waals surface area contributed by atoms with E-state index in [1.165, 1.54) is 48.6 Å². The van der Waals surface area contributed by atoms with Crippen LogP contribution in [0.4, 0.5) is 0 Å². The smallest absolute Gasteiger partial charge is 0.146 e. The molecule has 0 N–H and O–H groups in total. The van der Waals surface area contributed by atoms with Crippen molar-refractivity contribution in [1.29, 1.82) is 0 Å². The number of benzene rings is 7. The zero-order valence-electron chi connectivity index (χ0n) is 24.3. The molecule has 0 spiro atoms. The van der Waals surface area contributed by atoms with Gasteiger partial charge in [0, 0.05) is 22.1 Å². The van der Waals surface area contributed by atoms with E-state index in [1.807, 2.05) is 0 Å². The number of hydrogen-bond donors (Lipinski definition) is 0. The highest BCUT2D eigenvalue weighted by Gasteiger charge is 2.27. The predicted molar refractivity (Wildman–Crippen MR) is 197 cm³/mol. The van der Waals surface area contributed by atoms with Crippen LogP contribution in [0.15, 0.2) is 164 Å². The molecule has 0 unspecified atom stereocenters. The fourth-order valence-electron chi connectivity index (χ4n) is 7.08. The van der Waals surface area contributed by atoms with E-state index in [0.29, 0.717) is 0 Å². The van der Waals surface area contributed by atoms with Gasteiger partial charge in [-0.15, -0.1) is 0 Å². The van der Waals surface area contributed by atoms with Crippen molar-refractivity contribution >= 4 is 82.9 Å². The van der Waals surface area contributed by atoms with E-state index in [2.05, 4.69) is 168 Å². The van der Waals surface area contributed by atoms with Crippen molar-refractivity contribution in [3.05, 3.63) is 164 Å². The second-order valence-electron chi connectivity index (χ2n) is 11.5. The summed E-state index contributed by atoms with van der Waals surface area (Å²) in [6, 6.07) is 56.2. The number of hydrogen-bond acceptors (Lipinski definition) is 2. The van der Waals surface area contributed by atoms with E-state index in [0.717, 1.165) is 27.6 Å².